The molecule has 0 aliphatic carbocycles. The number of piperidine rings is 1. The van der Waals surface area contributed by atoms with Gasteiger partial charge in [-0.15, -0.1) is 0 Å². The van der Waals surface area contributed by atoms with E-state index >= 15 is 0 Å². The first kappa shape index (κ1) is 17.2. The van der Waals surface area contributed by atoms with Gasteiger partial charge >= 0.3 is 0 Å². The van der Waals surface area contributed by atoms with Gasteiger partial charge in [0.1, 0.15) is 6.54 Å². The smallest absolute Gasteiger partial charge is 0.261 e. The molecule has 0 unspecified atom stereocenters. The first-order chi connectivity index (χ1) is 12.1. The van der Waals surface area contributed by atoms with Crippen molar-refractivity contribution >= 4 is 17.8 Å². The summed E-state index contributed by atoms with van der Waals surface area (Å²) in [6.45, 7) is 6.28. The van der Waals surface area contributed by atoms with Gasteiger partial charge in [0, 0.05) is 24.5 Å². The second-order valence-corrected chi connectivity index (χ2v) is 6.52. The van der Waals surface area contributed by atoms with E-state index in [2.05, 4.69) is 32.7 Å². The van der Waals surface area contributed by atoms with Crippen molar-refractivity contribution < 1.29 is 4.79 Å². The van der Waals surface area contributed by atoms with Crippen molar-refractivity contribution in [2.24, 2.45) is 5.10 Å². The normalized spacial score (nSPS) is 14.9. The zero-order chi connectivity index (χ0) is 17.6. The van der Waals surface area contributed by atoms with E-state index in [9.17, 15) is 4.79 Å². The minimum Gasteiger partial charge on any atom is -0.372 e. The number of aromatic nitrogens is 2. The van der Waals surface area contributed by atoms with Crippen LogP contribution in [0, 0.1) is 13.8 Å². The number of hydrogen-bond donors (Lipinski definition) is 1. The van der Waals surface area contributed by atoms with Crippen LogP contribution >= 0.6 is 0 Å². The van der Waals surface area contributed by atoms with Crippen molar-refractivity contribution in [2.75, 3.05) is 18.0 Å². The lowest BCUT2D eigenvalue weighted by Gasteiger charge is -2.28. The lowest BCUT2D eigenvalue weighted by molar-refractivity contribution is -0.121. The molecule has 0 spiro atoms. The van der Waals surface area contributed by atoms with Gasteiger partial charge in [-0.05, 0) is 56.9 Å². The van der Waals surface area contributed by atoms with Gasteiger partial charge < -0.3 is 4.90 Å². The minimum atomic E-state index is -0.188. The Morgan fingerprint density at radius 2 is 1.92 bits per heavy atom. The van der Waals surface area contributed by atoms with Gasteiger partial charge in [-0.3, -0.25) is 9.48 Å². The van der Waals surface area contributed by atoms with E-state index in [1.54, 1.807) is 10.9 Å². The Bertz CT molecular complexity index is 742. The van der Waals surface area contributed by atoms with E-state index in [-0.39, 0.29) is 12.5 Å². The molecule has 6 nitrogen and oxygen atoms in total. The van der Waals surface area contributed by atoms with E-state index in [1.807, 2.05) is 32.0 Å². The van der Waals surface area contributed by atoms with Gasteiger partial charge in [0.05, 0.1) is 11.9 Å². The van der Waals surface area contributed by atoms with Crippen LogP contribution in [0.1, 0.15) is 36.2 Å². The Hall–Kier alpha value is -2.63. The molecule has 0 bridgehead atoms. The molecule has 1 fully saturated rings. The second kappa shape index (κ2) is 7.96. The number of carbonyl (C=O) groups is 1. The molecule has 0 atom stereocenters. The predicted molar refractivity (Wildman–Crippen MR) is 99.9 cm³/mol. The van der Waals surface area contributed by atoms with E-state index in [0.717, 1.165) is 30.0 Å². The predicted octanol–water partition coefficient (Wildman–Crippen LogP) is 2.64. The van der Waals surface area contributed by atoms with Gasteiger partial charge in [0.15, 0.2) is 0 Å². The average Bonchev–Trinajstić information content (AvgIpc) is 2.93. The van der Waals surface area contributed by atoms with Crippen LogP contribution in [0.3, 0.4) is 0 Å². The summed E-state index contributed by atoms with van der Waals surface area (Å²) < 4.78 is 1.67. The number of aryl methyl sites for hydroxylation is 2. The summed E-state index contributed by atoms with van der Waals surface area (Å²) in [5.41, 5.74) is 6.64. The second-order valence-electron chi connectivity index (χ2n) is 6.52. The standard InChI is InChI=1S/C19H25N5O/c1-15-12-16(2)24(22-15)14-19(25)21-20-13-17-6-8-18(9-7-17)23-10-4-3-5-11-23/h6-9,12-13H,3-5,10-11,14H2,1-2H3,(H,21,25)/b20-13-. The number of amides is 1. The van der Waals surface area contributed by atoms with Crippen LogP contribution in [0.4, 0.5) is 5.69 Å². The van der Waals surface area contributed by atoms with E-state index in [0.29, 0.717) is 0 Å². The van der Waals surface area contributed by atoms with Crippen LogP contribution in [0.5, 0.6) is 0 Å². The van der Waals surface area contributed by atoms with Crippen molar-refractivity contribution in [3.05, 3.63) is 47.3 Å². The summed E-state index contributed by atoms with van der Waals surface area (Å²) in [6.07, 6.45) is 5.53. The molecular weight excluding hydrogens is 314 g/mol. The van der Waals surface area contributed by atoms with Gasteiger partial charge in [0.2, 0.25) is 0 Å². The number of anilines is 1. The van der Waals surface area contributed by atoms with E-state index in [1.165, 1.54) is 24.9 Å². The van der Waals surface area contributed by atoms with Crippen LogP contribution in [-0.4, -0.2) is 35.0 Å². The molecule has 1 aromatic heterocycles. The van der Waals surface area contributed by atoms with Crippen molar-refractivity contribution in [3.8, 4) is 0 Å². The maximum atomic E-state index is 11.9. The molecule has 1 aromatic carbocycles. The molecule has 1 saturated heterocycles. The minimum absolute atomic E-state index is 0.172. The number of hydrogen-bond acceptors (Lipinski definition) is 4. The summed E-state index contributed by atoms with van der Waals surface area (Å²) in [7, 11) is 0. The molecule has 132 valence electrons. The third kappa shape index (κ3) is 4.68. The summed E-state index contributed by atoms with van der Waals surface area (Å²) in [5, 5.41) is 8.31. The van der Waals surface area contributed by atoms with E-state index in [4.69, 9.17) is 0 Å². The zero-order valence-electron chi connectivity index (χ0n) is 14.9. The highest BCUT2D eigenvalue weighted by molar-refractivity contribution is 5.82. The number of benzene rings is 1. The van der Waals surface area contributed by atoms with Gasteiger partial charge in [0.25, 0.3) is 5.91 Å². The monoisotopic (exact) mass is 339 g/mol. The molecule has 1 N–H and O–H groups in total. The summed E-state index contributed by atoms with van der Waals surface area (Å²) in [6, 6.07) is 10.2. The van der Waals surface area contributed by atoms with Crippen molar-refractivity contribution in [1.29, 1.82) is 0 Å². The number of nitrogens with zero attached hydrogens (tertiary/aromatic N) is 4. The van der Waals surface area contributed by atoms with Crippen LogP contribution in [0.25, 0.3) is 0 Å². The number of carbonyl (C=O) groups excluding carboxylic acids is 1. The molecular formula is C19H25N5O. The van der Waals surface area contributed by atoms with Gasteiger partial charge in [-0.2, -0.15) is 10.2 Å². The first-order valence-corrected chi connectivity index (χ1v) is 8.80. The Labute approximate surface area is 148 Å². The van der Waals surface area contributed by atoms with Crippen LogP contribution in [0.15, 0.2) is 35.4 Å². The number of nitrogens with one attached hydrogen (secondary N) is 1. The number of rotatable bonds is 5. The maximum absolute atomic E-state index is 11.9. The molecule has 6 heteroatoms. The number of hydrazone groups is 1. The maximum Gasteiger partial charge on any atom is 0.261 e. The van der Waals surface area contributed by atoms with Crippen LogP contribution in [-0.2, 0) is 11.3 Å². The quantitative estimate of drug-likeness (QED) is 0.673. The molecule has 1 aliphatic rings. The molecule has 25 heavy (non-hydrogen) atoms. The Balaban J connectivity index is 1.51. The molecule has 2 aromatic rings. The Morgan fingerprint density at radius 1 is 1.20 bits per heavy atom. The summed E-state index contributed by atoms with van der Waals surface area (Å²) in [4.78, 5) is 14.3. The topological polar surface area (TPSA) is 62.5 Å². The average molecular weight is 339 g/mol. The lowest BCUT2D eigenvalue weighted by atomic mass is 10.1. The molecule has 1 aliphatic heterocycles. The fourth-order valence-electron chi connectivity index (χ4n) is 3.11. The highest BCUT2D eigenvalue weighted by Crippen LogP contribution is 2.19. The van der Waals surface area contributed by atoms with Crippen molar-refractivity contribution in [1.82, 2.24) is 15.2 Å². The van der Waals surface area contributed by atoms with Gasteiger partial charge in [-0.1, -0.05) is 12.1 Å². The SMILES string of the molecule is Cc1cc(C)n(CC(=O)N/N=C\c2ccc(N3CCCCC3)cc2)n1. The largest absolute Gasteiger partial charge is 0.372 e. The molecule has 3 rings (SSSR count). The van der Waals surface area contributed by atoms with Gasteiger partial charge in [-0.25, -0.2) is 5.43 Å². The first-order valence-electron chi connectivity index (χ1n) is 8.80. The molecule has 0 saturated carbocycles. The fourth-order valence-corrected chi connectivity index (χ4v) is 3.11. The fraction of sp³-hybridized carbons (Fsp3) is 0.421. The third-order valence-electron chi connectivity index (χ3n) is 4.41. The zero-order valence-corrected chi connectivity index (χ0v) is 14.9. The lowest BCUT2D eigenvalue weighted by Crippen LogP contribution is -2.29. The summed E-state index contributed by atoms with van der Waals surface area (Å²) >= 11 is 0. The van der Waals surface area contributed by atoms with Crippen molar-refractivity contribution in [2.45, 2.75) is 39.7 Å². The van der Waals surface area contributed by atoms with E-state index < -0.39 is 0 Å². The molecule has 0 radical (unpaired) electrons. The molecule has 2 heterocycles. The third-order valence-corrected chi connectivity index (χ3v) is 4.41. The molecule has 1 amide bonds. The van der Waals surface area contributed by atoms with Crippen LogP contribution in [0.2, 0.25) is 0 Å². The summed E-state index contributed by atoms with van der Waals surface area (Å²) in [5.74, 6) is -0.188. The highest BCUT2D eigenvalue weighted by Gasteiger charge is 2.10. The Morgan fingerprint density at radius 3 is 2.56 bits per heavy atom. The van der Waals surface area contributed by atoms with Crippen molar-refractivity contribution in [3.63, 3.8) is 0 Å². The highest BCUT2D eigenvalue weighted by atomic mass is 16.2. The Kier molecular flexibility index (Phi) is 5.48. The van der Waals surface area contributed by atoms with Crippen LogP contribution < -0.4 is 10.3 Å².